The summed E-state index contributed by atoms with van der Waals surface area (Å²) in [5, 5.41) is 0. The maximum Gasteiger partial charge on any atom is 0.243 e. The first-order valence-electron chi connectivity index (χ1n) is 9.53. The molecule has 148 valence electrons. The highest BCUT2D eigenvalue weighted by Crippen LogP contribution is 2.32. The highest BCUT2D eigenvalue weighted by atomic mass is 32.2. The monoisotopic (exact) mass is 399 g/mol. The van der Waals surface area contributed by atoms with Gasteiger partial charge in [0.15, 0.2) is 0 Å². The molecular weight excluding hydrogens is 374 g/mol. The van der Waals surface area contributed by atoms with Crippen LogP contribution in [0.2, 0.25) is 0 Å². The first-order valence-corrected chi connectivity index (χ1v) is 11.0. The molecule has 1 unspecified atom stereocenters. The molecule has 4 rings (SSSR count). The molecule has 7 heteroatoms. The molecule has 6 nitrogen and oxygen atoms in total. The first kappa shape index (κ1) is 19.1. The SMILES string of the molecule is CN1C(=O)CCc2cc(S(=O)(=O)N3CCN(C)C(c4ccccc4)C3)ccc21. The lowest BCUT2D eigenvalue weighted by Gasteiger charge is -2.39. The van der Waals surface area contributed by atoms with E-state index < -0.39 is 10.0 Å². The van der Waals surface area contributed by atoms with Crippen molar-refractivity contribution in [3.63, 3.8) is 0 Å². The fraction of sp³-hybridized carbons (Fsp3) is 0.381. The number of sulfonamides is 1. The zero-order chi connectivity index (χ0) is 19.9. The van der Waals surface area contributed by atoms with Crippen molar-refractivity contribution in [2.24, 2.45) is 0 Å². The molecule has 1 saturated heterocycles. The Labute approximate surface area is 166 Å². The van der Waals surface area contributed by atoms with Crippen molar-refractivity contribution in [1.82, 2.24) is 9.21 Å². The highest BCUT2D eigenvalue weighted by Gasteiger charge is 2.34. The molecule has 0 spiro atoms. The number of nitrogens with zero attached hydrogens (tertiary/aromatic N) is 3. The number of carbonyl (C=O) groups is 1. The van der Waals surface area contributed by atoms with E-state index >= 15 is 0 Å². The zero-order valence-electron chi connectivity index (χ0n) is 16.2. The molecule has 28 heavy (non-hydrogen) atoms. The van der Waals surface area contributed by atoms with Gasteiger partial charge in [0.25, 0.3) is 0 Å². The molecule has 2 heterocycles. The number of likely N-dealkylation sites (N-methyl/N-ethyl adjacent to an activating group) is 1. The molecule has 1 atom stereocenters. The lowest BCUT2D eigenvalue weighted by atomic mass is 10.0. The molecular formula is C21H25N3O3S. The van der Waals surface area contributed by atoms with Crippen molar-refractivity contribution < 1.29 is 13.2 Å². The minimum absolute atomic E-state index is 0.0334. The second-order valence-electron chi connectivity index (χ2n) is 7.51. The van der Waals surface area contributed by atoms with E-state index in [4.69, 9.17) is 0 Å². The fourth-order valence-corrected chi connectivity index (χ4v) is 5.53. The van der Waals surface area contributed by atoms with Crippen LogP contribution < -0.4 is 4.90 Å². The van der Waals surface area contributed by atoms with Crippen LogP contribution in [0.5, 0.6) is 0 Å². The van der Waals surface area contributed by atoms with Gasteiger partial charge in [0.1, 0.15) is 0 Å². The summed E-state index contributed by atoms with van der Waals surface area (Å²) < 4.78 is 28.2. The van der Waals surface area contributed by atoms with Gasteiger partial charge in [0.05, 0.1) is 4.90 Å². The average molecular weight is 400 g/mol. The van der Waals surface area contributed by atoms with Crippen LogP contribution in [0.15, 0.2) is 53.4 Å². The molecule has 2 aromatic carbocycles. The van der Waals surface area contributed by atoms with Crippen LogP contribution in [0.1, 0.15) is 23.6 Å². The number of rotatable bonds is 3. The standard InChI is InChI=1S/C21H25N3O3S/c1-22-12-13-24(15-20(22)16-6-4-3-5-7-16)28(26,27)18-9-10-19-17(14-18)8-11-21(25)23(19)2/h3-7,9-10,14,20H,8,11-13,15H2,1-2H3. The second-order valence-corrected chi connectivity index (χ2v) is 9.45. The minimum Gasteiger partial charge on any atom is -0.315 e. The Morgan fingerprint density at radius 3 is 2.46 bits per heavy atom. The largest absolute Gasteiger partial charge is 0.315 e. The van der Waals surface area contributed by atoms with Gasteiger partial charge in [-0.25, -0.2) is 8.42 Å². The van der Waals surface area contributed by atoms with E-state index in [0.29, 0.717) is 37.4 Å². The Hall–Kier alpha value is -2.22. The third kappa shape index (κ3) is 3.34. The molecule has 0 radical (unpaired) electrons. The number of piperazine rings is 1. The normalized spacial score (nSPS) is 21.6. The van der Waals surface area contributed by atoms with Gasteiger partial charge in [0.2, 0.25) is 15.9 Å². The summed E-state index contributed by atoms with van der Waals surface area (Å²) in [5.41, 5.74) is 2.84. The molecule has 1 amide bonds. The average Bonchev–Trinajstić information content (AvgIpc) is 2.71. The molecule has 0 aromatic heterocycles. The summed E-state index contributed by atoms with van der Waals surface area (Å²) in [6.45, 7) is 1.58. The van der Waals surface area contributed by atoms with Gasteiger partial charge in [0, 0.05) is 44.8 Å². The number of hydrogen-bond acceptors (Lipinski definition) is 4. The second kappa shape index (κ2) is 7.31. The predicted octanol–water partition coefficient (Wildman–Crippen LogP) is 2.27. The summed E-state index contributed by atoms with van der Waals surface area (Å²) in [7, 11) is 0.183. The fourth-order valence-electron chi connectivity index (χ4n) is 4.04. The zero-order valence-corrected chi connectivity index (χ0v) is 17.0. The van der Waals surface area contributed by atoms with E-state index in [0.717, 1.165) is 16.8 Å². The number of carbonyl (C=O) groups excluding carboxylic acids is 1. The van der Waals surface area contributed by atoms with Crippen molar-refractivity contribution in [2.45, 2.75) is 23.8 Å². The predicted molar refractivity (Wildman–Crippen MR) is 109 cm³/mol. The molecule has 0 bridgehead atoms. The maximum atomic E-state index is 13.3. The summed E-state index contributed by atoms with van der Waals surface area (Å²) >= 11 is 0. The van der Waals surface area contributed by atoms with Gasteiger partial charge in [-0.3, -0.25) is 9.69 Å². The number of hydrogen-bond donors (Lipinski definition) is 0. The van der Waals surface area contributed by atoms with Crippen LogP contribution in [-0.2, 0) is 21.2 Å². The van der Waals surface area contributed by atoms with Crippen LogP contribution in [0, 0.1) is 0 Å². The highest BCUT2D eigenvalue weighted by molar-refractivity contribution is 7.89. The Bertz CT molecular complexity index is 991. The maximum absolute atomic E-state index is 13.3. The number of amides is 1. The van der Waals surface area contributed by atoms with Crippen molar-refractivity contribution in [1.29, 1.82) is 0 Å². The van der Waals surface area contributed by atoms with Crippen molar-refractivity contribution in [2.75, 3.05) is 38.6 Å². The van der Waals surface area contributed by atoms with E-state index in [-0.39, 0.29) is 11.9 Å². The van der Waals surface area contributed by atoms with Crippen molar-refractivity contribution >= 4 is 21.6 Å². The third-order valence-corrected chi connectivity index (χ3v) is 7.69. The molecule has 2 aliphatic heterocycles. The smallest absolute Gasteiger partial charge is 0.243 e. The Kier molecular flexibility index (Phi) is 4.99. The van der Waals surface area contributed by atoms with Gasteiger partial charge in [-0.05, 0) is 42.8 Å². The summed E-state index contributed by atoms with van der Waals surface area (Å²) in [6.07, 6.45) is 0.995. The van der Waals surface area contributed by atoms with Gasteiger partial charge in [-0.15, -0.1) is 0 Å². The molecule has 0 N–H and O–H groups in total. The van der Waals surface area contributed by atoms with E-state index in [1.165, 1.54) is 0 Å². The van der Waals surface area contributed by atoms with Crippen molar-refractivity contribution in [3.8, 4) is 0 Å². The van der Waals surface area contributed by atoms with Crippen molar-refractivity contribution in [3.05, 3.63) is 59.7 Å². The molecule has 1 fully saturated rings. The van der Waals surface area contributed by atoms with Gasteiger partial charge < -0.3 is 4.90 Å². The Balaban J connectivity index is 1.62. The lowest BCUT2D eigenvalue weighted by molar-refractivity contribution is -0.118. The van der Waals surface area contributed by atoms with E-state index in [1.54, 1.807) is 34.5 Å². The molecule has 0 aliphatic carbocycles. The van der Waals surface area contributed by atoms with Crippen LogP contribution in [0.3, 0.4) is 0 Å². The van der Waals surface area contributed by atoms with Crippen LogP contribution in [0.4, 0.5) is 5.69 Å². The van der Waals surface area contributed by atoms with Crippen LogP contribution >= 0.6 is 0 Å². The lowest BCUT2D eigenvalue weighted by Crippen LogP contribution is -2.48. The van der Waals surface area contributed by atoms with Gasteiger partial charge in [-0.1, -0.05) is 30.3 Å². The first-order chi connectivity index (χ1) is 13.4. The van der Waals surface area contributed by atoms with E-state index in [9.17, 15) is 13.2 Å². The summed E-state index contributed by atoms with van der Waals surface area (Å²) in [6, 6.07) is 15.2. The quantitative estimate of drug-likeness (QED) is 0.794. The third-order valence-electron chi connectivity index (χ3n) is 5.83. The van der Waals surface area contributed by atoms with E-state index in [2.05, 4.69) is 4.90 Å². The molecule has 2 aromatic rings. The topological polar surface area (TPSA) is 60.9 Å². The number of benzene rings is 2. The molecule has 2 aliphatic rings. The van der Waals surface area contributed by atoms with Crippen LogP contribution in [-0.4, -0.2) is 57.3 Å². The number of aryl methyl sites for hydroxylation is 1. The minimum atomic E-state index is -3.59. The Morgan fingerprint density at radius 1 is 0.964 bits per heavy atom. The van der Waals surface area contributed by atoms with Gasteiger partial charge in [-0.2, -0.15) is 4.31 Å². The Morgan fingerprint density at radius 2 is 1.71 bits per heavy atom. The molecule has 0 saturated carbocycles. The number of fused-ring (bicyclic) bond motifs is 1. The summed E-state index contributed by atoms with van der Waals surface area (Å²) in [4.78, 5) is 16.0. The summed E-state index contributed by atoms with van der Waals surface area (Å²) in [5.74, 6) is 0.0628. The van der Waals surface area contributed by atoms with E-state index in [1.807, 2.05) is 37.4 Å². The number of anilines is 1. The van der Waals surface area contributed by atoms with Crippen LogP contribution in [0.25, 0.3) is 0 Å². The van der Waals surface area contributed by atoms with Gasteiger partial charge >= 0.3 is 0 Å².